The number of amides is 2. The first-order valence-electron chi connectivity index (χ1n) is 9.37. The first-order chi connectivity index (χ1) is 14.1. The maximum atomic E-state index is 13.5. The summed E-state index contributed by atoms with van der Waals surface area (Å²) in [7, 11) is 0. The highest BCUT2D eigenvalue weighted by Gasteiger charge is 2.31. The number of tetrazole rings is 1. The van der Waals surface area contributed by atoms with Crippen LogP contribution >= 0.6 is 0 Å². The van der Waals surface area contributed by atoms with Crippen LogP contribution in [0.15, 0.2) is 42.5 Å². The van der Waals surface area contributed by atoms with Crippen molar-refractivity contribution in [2.45, 2.75) is 31.2 Å². The molecule has 0 bridgehead atoms. The maximum absolute atomic E-state index is 13.5. The minimum Gasteiger partial charge on any atom is -0.326 e. The van der Waals surface area contributed by atoms with Gasteiger partial charge < -0.3 is 10.6 Å². The SMILES string of the molecule is O=C1C[C@@H](C(=O)Nc2cccc(-c3nnnn3C3CC3)c2)c2ccc(F)cc2N1. The van der Waals surface area contributed by atoms with E-state index in [1.165, 1.54) is 18.2 Å². The van der Waals surface area contributed by atoms with Gasteiger partial charge in [0.05, 0.1) is 12.0 Å². The lowest BCUT2D eigenvalue weighted by Gasteiger charge is -2.25. The molecule has 2 amide bonds. The van der Waals surface area contributed by atoms with Crippen LogP contribution in [0.5, 0.6) is 0 Å². The molecule has 0 saturated heterocycles. The minimum absolute atomic E-state index is 0.00405. The molecule has 0 spiro atoms. The molecule has 2 N–H and O–H groups in total. The third kappa shape index (κ3) is 3.35. The van der Waals surface area contributed by atoms with Crippen LogP contribution < -0.4 is 10.6 Å². The van der Waals surface area contributed by atoms with Gasteiger partial charge in [0.1, 0.15) is 5.82 Å². The molecule has 2 aromatic carbocycles. The van der Waals surface area contributed by atoms with Crippen LogP contribution in [-0.4, -0.2) is 32.0 Å². The molecule has 0 radical (unpaired) electrons. The van der Waals surface area contributed by atoms with E-state index in [0.29, 0.717) is 28.8 Å². The number of benzene rings is 2. The summed E-state index contributed by atoms with van der Waals surface area (Å²) in [6, 6.07) is 11.6. The Morgan fingerprint density at radius 2 is 2.07 bits per heavy atom. The normalized spacial score (nSPS) is 18.1. The number of aromatic nitrogens is 4. The van der Waals surface area contributed by atoms with Crippen LogP contribution in [0.4, 0.5) is 15.8 Å². The van der Waals surface area contributed by atoms with Crippen molar-refractivity contribution in [3.05, 3.63) is 53.8 Å². The third-order valence-corrected chi connectivity index (χ3v) is 5.14. The van der Waals surface area contributed by atoms with Gasteiger partial charge in [-0.15, -0.1) is 5.10 Å². The average molecular weight is 392 g/mol. The predicted molar refractivity (Wildman–Crippen MR) is 103 cm³/mol. The van der Waals surface area contributed by atoms with Gasteiger partial charge in [0.15, 0.2) is 5.82 Å². The second kappa shape index (κ2) is 6.77. The Bertz CT molecular complexity index is 1120. The fourth-order valence-electron chi connectivity index (χ4n) is 3.59. The lowest BCUT2D eigenvalue weighted by molar-refractivity contribution is -0.123. The zero-order chi connectivity index (χ0) is 20.0. The second-order valence-electron chi connectivity index (χ2n) is 7.28. The van der Waals surface area contributed by atoms with Crippen LogP contribution in [0.1, 0.15) is 36.8 Å². The average Bonchev–Trinajstić information content (AvgIpc) is 3.43. The zero-order valence-corrected chi connectivity index (χ0v) is 15.3. The minimum atomic E-state index is -0.695. The molecule has 1 fully saturated rings. The van der Waals surface area contributed by atoms with Crippen LogP contribution in [0.2, 0.25) is 0 Å². The van der Waals surface area contributed by atoms with Gasteiger partial charge in [-0.2, -0.15) is 0 Å². The molecule has 2 heterocycles. The van der Waals surface area contributed by atoms with E-state index < -0.39 is 11.7 Å². The summed E-state index contributed by atoms with van der Waals surface area (Å²) in [6.07, 6.45) is 2.11. The highest BCUT2D eigenvalue weighted by atomic mass is 19.1. The van der Waals surface area contributed by atoms with Crippen molar-refractivity contribution in [3.63, 3.8) is 0 Å². The van der Waals surface area contributed by atoms with Gasteiger partial charge in [-0.05, 0) is 53.1 Å². The molecule has 3 aromatic rings. The van der Waals surface area contributed by atoms with Crippen molar-refractivity contribution >= 4 is 23.2 Å². The zero-order valence-electron chi connectivity index (χ0n) is 15.3. The highest BCUT2D eigenvalue weighted by molar-refractivity contribution is 6.05. The maximum Gasteiger partial charge on any atom is 0.232 e. The molecule has 146 valence electrons. The molecule has 1 aromatic heterocycles. The Balaban J connectivity index is 1.40. The Kier molecular flexibility index (Phi) is 4.08. The Hall–Kier alpha value is -3.62. The van der Waals surface area contributed by atoms with Gasteiger partial charge in [0.2, 0.25) is 11.8 Å². The summed E-state index contributed by atoms with van der Waals surface area (Å²) >= 11 is 0. The van der Waals surface area contributed by atoms with Crippen molar-refractivity contribution in [1.82, 2.24) is 20.2 Å². The number of carbonyl (C=O) groups is 2. The quantitative estimate of drug-likeness (QED) is 0.711. The number of nitrogens with one attached hydrogen (secondary N) is 2. The number of hydrogen-bond acceptors (Lipinski definition) is 5. The monoisotopic (exact) mass is 392 g/mol. The fourth-order valence-corrected chi connectivity index (χ4v) is 3.59. The van der Waals surface area contributed by atoms with Crippen molar-refractivity contribution < 1.29 is 14.0 Å². The first kappa shape index (κ1) is 17.5. The molecule has 8 nitrogen and oxygen atoms in total. The van der Waals surface area contributed by atoms with Gasteiger partial charge in [-0.3, -0.25) is 9.59 Å². The third-order valence-electron chi connectivity index (χ3n) is 5.14. The summed E-state index contributed by atoms with van der Waals surface area (Å²) in [6.45, 7) is 0. The van der Waals surface area contributed by atoms with E-state index in [0.717, 1.165) is 18.4 Å². The Morgan fingerprint density at radius 3 is 2.90 bits per heavy atom. The second-order valence-corrected chi connectivity index (χ2v) is 7.28. The molecular weight excluding hydrogens is 375 g/mol. The van der Waals surface area contributed by atoms with Gasteiger partial charge in [-0.1, -0.05) is 18.2 Å². The van der Waals surface area contributed by atoms with Gasteiger partial charge in [-0.25, -0.2) is 9.07 Å². The molecular formula is C20H17FN6O2. The summed E-state index contributed by atoms with van der Waals surface area (Å²) in [4.78, 5) is 24.9. The number of anilines is 2. The van der Waals surface area contributed by atoms with E-state index in [4.69, 9.17) is 0 Å². The number of halogens is 1. The lowest BCUT2D eigenvalue weighted by atomic mass is 9.89. The fraction of sp³-hybridized carbons (Fsp3) is 0.250. The molecule has 9 heteroatoms. The smallest absolute Gasteiger partial charge is 0.232 e. The number of fused-ring (bicyclic) bond motifs is 1. The number of carbonyl (C=O) groups excluding carboxylic acids is 2. The summed E-state index contributed by atoms with van der Waals surface area (Å²) < 4.78 is 15.3. The van der Waals surface area contributed by atoms with Crippen molar-refractivity contribution in [3.8, 4) is 11.4 Å². The number of rotatable bonds is 4. The van der Waals surface area contributed by atoms with E-state index in [1.54, 1.807) is 16.8 Å². The molecule has 0 unspecified atom stereocenters. The lowest BCUT2D eigenvalue weighted by Crippen LogP contribution is -2.30. The van der Waals surface area contributed by atoms with E-state index in [2.05, 4.69) is 26.2 Å². The van der Waals surface area contributed by atoms with Crippen LogP contribution in [0.3, 0.4) is 0 Å². The van der Waals surface area contributed by atoms with Crippen LogP contribution in [0, 0.1) is 5.82 Å². The summed E-state index contributed by atoms with van der Waals surface area (Å²) in [5.41, 5.74) is 2.30. The Morgan fingerprint density at radius 1 is 1.21 bits per heavy atom. The molecule has 1 saturated carbocycles. The van der Waals surface area contributed by atoms with Crippen molar-refractivity contribution in [2.24, 2.45) is 0 Å². The Labute approximate surface area is 165 Å². The summed E-state index contributed by atoms with van der Waals surface area (Å²) in [5.74, 6) is -1.15. The topological polar surface area (TPSA) is 102 Å². The highest BCUT2D eigenvalue weighted by Crippen LogP contribution is 2.37. The van der Waals surface area contributed by atoms with E-state index in [9.17, 15) is 14.0 Å². The largest absolute Gasteiger partial charge is 0.326 e. The van der Waals surface area contributed by atoms with Gasteiger partial charge in [0.25, 0.3) is 0 Å². The van der Waals surface area contributed by atoms with Crippen LogP contribution in [-0.2, 0) is 9.59 Å². The molecule has 1 aliphatic heterocycles. The van der Waals surface area contributed by atoms with Gasteiger partial charge >= 0.3 is 0 Å². The molecule has 2 aliphatic rings. The molecule has 1 atom stereocenters. The van der Waals surface area contributed by atoms with Crippen molar-refractivity contribution in [2.75, 3.05) is 10.6 Å². The number of nitrogens with zero attached hydrogens (tertiary/aromatic N) is 4. The van der Waals surface area contributed by atoms with Gasteiger partial charge in [0, 0.05) is 23.4 Å². The van der Waals surface area contributed by atoms with E-state index in [1.807, 2.05) is 12.1 Å². The first-order valence-corrected chi connectivity index (χ1v) is 9.37. The van der Waals surface area contributed by atoms with E-state index >= 15 is 0 Å². The number of hydrogen-bond donors (Lipinski definition) is 2. The van der Waals surface area contributed by atoms with E-state index in [-0.39, 0.29) is 18.2 Å². The molecule has 5 rings (SSSR count). The van der Waals surface area contributed by atoms with Crippen molar-refractivity contribution in [1.29, 1.82) is 0 Å². The summed E-state index contributed by atoms with van der Waals surface area (Å²) in [5, 5.41) is 17.4. The molecule has 29 heavy (non-hydrogen) atoms. The van der Waals surface area contributed by atoms with Crippen LogP contribution in [0.25, 0.3) is 11.4 Å². The molecule has 1 aliphatic carbocycles. The predicted octanol–water partition coefficient (Wildman–Crippen LogP) is 2.88. The standard InChI is InChI=1S/C20H17FN6O2/c21-12-4-7-15-16(10-18(28)23-17(15)9-12)20(29)22-13-3-1-2-11(8-13)19-24-25-26-27(19)14-5-6-14/h1-4,7-9,14,16H,5-6,10H2,(H,22,29)(H,23,28)/t16-/m1/s1.